The van der Waals surface area contributed by atoms with Crippen LogP contribution in [0.4, 0.5) is 4.79 Å². The molecule has 4 rings (SSSR count). The van der Waals surface area contributed by atoms with Crippen molar-refractivity contribution in [1.82, 2.24) is 20.1 Å². The highest BCUT2D eigenvalue weighted by molar-refractivity contribution is 5.74. The van der Waals surface area contributed by atoms with E-state index >= 15 is 0 Å². The van der Waals surface area contributed by atoms with Gasteiger partial charge < -0.3 is 15.0 Å². The van der Waals surface area contributed by atoms with Gasteiger partial charge in [0.25, 0.3) is 0 Å². The van der Waals surface area contributed by atoms with Gasteiger partial charge in [0.05, 0.1) is 13.2 Å². The summed E-state index contributed by atoms with van der Waals surface area (Å²) in [6, 6.07) is 4.21. The van der Waals surface area contributed by atoms with Gasteiger partial charge in [0.1, 0.15) is 0 Å². The zero-order valence-corrected chi connectivity index (χ0v) is 18.3. The molecule has 6 nitrogen and oxygen atoms in total. The maximum absolute atomic E-state index is 13.0. The Kier molecular flexibility index (Phi) is 7.98. The Balaban J connectivity index is 1.22. The molecule has 30 heavy (non-hydrogen) atoms. The molecule has 3 aliphatic rings. The molecule has 1 N–H and O–H groups in total. The lowest BCUT2D eigenvalue weighted by atomic mass is 9.86. The van der Waals surface area contributed by atoms with E-state index < -0.39 is 0 Å². The Morgan fingerprint density at radius 2 is 2.00 bits per heavy atom. The lowest BCUT2D eigenvalue weighted by Gasteiger charge is -2.31. The summed E-state index contributed by atoms with van der Waals surface area (Å²) in [6.45, 7) is 6.97. The topological polar surface area (TPSA) is 57.7 Å². The van der Waals surface area contributed by atoms with Crippen molar-refractivity contribution in [1.29, 1.82) is 0 Å². The van der Waals surface area contributed by atoms with Crippen molar-refractivity contribution in [2.75, 3.05) is 52.5 Å². The molecule has 3 unspecified atom stereocenters. The number of carbonyl (C=O) groups excluding carboxylic acids is 1. The highest BCUT2D eigenvalue weighted by Gasteiger charge is 2.39. The second kappa shape index (κ2) is 11.1. The van der Waals surface area contributed by atoms with E-state index in [2.05, 4.69) is 20.1 Å². The number of fused-ring (bicyclic) bond motifs is 2. The van der Waals surface area contributed by atoms with Crippen LogP contribution in [0.2, 0.25) is 0 Å². The number of morpholine rings is 1. The molecule has 0 aromatic carbocycles. The van der Waals surface area contributed by atoms with Gasteiger partial charge >= 0.3 is 6.03 Å². The molecule has 2 amide bonds. The smallest absolute Gasteiger partial charge is 0.317 e. The number of carbonyl (C=O) groups is 1. The predicted molar refractivity (Wildman–Crippen MR) is 118 cm³/mol. The number of amides is 2. The fourth-order valence-electron chi connectivity index (χ4n) is 5.60. The van der Waals surface area contributed by atoms with Crippen LogP contribution in [0.15, 0.2) is 24.5 Å². The quantitative estimate of drug-likeness (QED) is 0.598. The van der Waals surface area contributed by atoms with Crippen molar-refractivity contribution in [3.05, 3.63) is 30.1 Å². The molecule has 0 spiro atoms. The monoisotopic (exact) mass is 414 g/mol. The Morgan fingerprint density at radius 1 is 1.17 bits per heavy atom. The van der Waals surface area contributed by atoms with Crippen molar-refractivity contribution in [3.63, 3.8) is 0 Å². The number of nitrogens with zero attached hydrogens (tertiary/aromatic N) is 3. The molecule has 6 heteroatoms. The van der Waals surface area contributed by atoms with E-state index in [9.17, 15) is 4.79 Å². The van der Waals surface area contributed by atoms with Gasteiger partial charge in [-0.25, -0.2) is 4.79 Å². The molecule has 1 saturated heterocycles. The van der Waals surface area contributed by atoms with Crippen LogP contribution in [0.1, 0.15) is 44.1 Å². The fourth-order valence-corrected chi connectivity index (χ4v) is 5.60. The van der Waals surface area contributed by atoms with E-state index in [-0.39, 0.29) is 6.03 Å². The molecule has 2 bridgehead atoms. The number of urea groups is 1. The van der Waals surface area contributed by atoms with Crippen LogP contribution >= 0.6 is 0 Å². The summed E-state index contributed by atoms with van der Waals surface area (Å²) in [5, 5.41) is 3.18. The van der Waals surface area contributed by atoms with Crippen molar-refractivity contribution >= 4 is 6.03 Å². The maximum atomic E-state index is 13.0. The van der Waals surface area contributed by atoms with Crippen molar-refractivity contribution in [2.24, 2.45) is 17.8 Å². The molecule has 3 fully saturated rings. The van der Waals surface area contributed by atoms with Gasteiger partial charge in [-0.2, -0.15) is 0 Å². The number of aryl methyl sites for hydroxylation is 1. The Hall–Kier alpha value is -1.66. The highest BCUT2D eigenvalue weighted by Crippen LogP contribution is 2.49. The Morgan fingerprint density at radius 3 is 2.73 bits per heavy atom. The van der Waals surface area contributed by atoms with Crippen molar-refractivity contribution < 1.29 is 9.53 Å². The van der Waals surface area contributed by atoms with Gasteiger partial charge in [0.15, 0.2) is 0 Å². The first-order chi connectivity index (χ1) is 14.8. The number of hydrogen-bond acceptors (Lipinski definition) is 4. The number of ether oxygens (including phenoxy) is 1. The van der Waals surface area contributed by atoms with E-state index in [0.717, 1.165) is 83.1 Å². The molecule has 2 heterocycles. The largest absolute Gasteiger partial charge is 0.379 e. The molecule has 1 aromatic heterocycles. The third-order valence-electron chi connectivity index (χ3n) is 7.40. The van der Waals surface area contributed by atoms with Gasteiger partial charge in [-0.3, -0.25) is 9.88 Å². The molecule has 0 radical (unpaired) electrons. The van der Waals surface area contributed by atoms with Crippen LogP contribution in [0.3, 0.4) is 0 Å². The van der Waals surface area contributed by atoms with E-state index in [1.54, 1.807) is 0 Å². The number of pyridine rings is 1. The maximum Gasteiger partial charge on any atom is 0.317 e. The Labute approximate surface area is 181 Å². The summed E-state index contributed by atoms with van der Waals surface area (Å²) >= 11 is 0. The minimum atomic E-state index is 0.112. The zero-order valence-electron chi connectivity index (χ0n) is 18.3. The molecule has 2 aliphatic carbocycles. The van der Waals surface area contributed by atoms with E-state index in [0.29, 0.717) is 0 Å². The summed E-state index contributed by atoms with van der Waals surface area (Å²) < 4.78 is 5.46. The molecule has 1 aliphatic heterocycles. The fraction of sp³-hybridized carbons (Fsp3) is 0.750. The number of aromatic nitrogens is 1. The Bertz CT molecular complexity index is 650. The molecular formula is C24H38N4O2. The van der Waals surface area contributed by atoms with E-state index in [1.165, 1.54) is 37.7 Å². The summed E-state index contributed by atoms with van der Waals surface area (Å²) in [7, 11) is 0. The van der Waals surface area contributed by atoms with Crippen LogP contribution < -0.4 is 5.32 Å². The van der Waals surface area contributed by atoms with Crippen molar-refractivity contribution in [3.8, 4) is 0 Å². The third-order valence-corrected chi connectivity index (χ3v) is 7.40. The minimum absolute atomic E-state index is 0.112. The number of nitrogens with one attached hydrogen (secondary N) is 1. The normalized spacial score (nSPS) is 26.1. The average molecular weight is 415 g/mol. The lowest BCUT2D eigenvalue weighted by molar-refractivity contribution is 0.0346. The minimum Gasteiger partial charge on any atom is -0.379 e. The molecule has 3 atom stereocenters. The summed E-state index contributed by atoms with van der Waals surface area (Å²) in [5.74, 6) is 2.75. The highest BCUT2D eigenvalue weighted by atomic mass is 16.5. The summed E-state index contributed by atoms with van der Waals surface area (Å²) in [6.07, 6.45) is 12.5. The van der Waals surface area contributed by atoms with Crippen molar-refractivity contribution in [2.45, 2.75) is 44.9 Å². The first kappa shape index (κ1) is 21.6. The van der Waals surface area contributed by atoms with Crippen LogP contribution in [0.25, 0.3) is 0 Å². The van der Waals surface area contributed by atoms with Gasteiger partial charge in [-0.05, 0) is 74.0 Å². The van der Waals surface area contributed by atoms with E-state index in [1.807, 2.05) is 24.5 Å². The van der Waals surface area contributed by atoms with Gasteiger partial charge in [0, 0.05) is 51.7 Å². The van der Waals surface area contributed by atoms with Crippen LogP contribution in [-0.4, -0.2) is 73.3 Å². The number of hydrogen-bond donors (Lipinski definition) is 1. The van der Waals surface area contributed by atoms with Crippen LogP contribution in [0.5, 0.6) is 0 Å². The van der Waals surface area contributed by atoms with Gasteiger partial charge in [-0.1, -0.05) is 6.42 Å². The second-order valence-electron chi connectivity index (χ2n) is 9.36. The standard InChI is InChI=1S/C24H38N4O2/c29-24(26-8-1-2-20-5-9-25-10-6-20)28(13-12-27-14-16-30-17-15-27)11-7-23-19-21-3-4-22(23)18-21/h5-6,9-10,21-23H,1-4,7-8,11-19H2,(H,26,29). The van der Waals surface area contributed by atoms with E-state index in [4.69, 9.17) is 4.74 Å². The van der Waals surface area contributed by atoms with Crippen LogP contribution in [-0.2, 0) is 11.2 Å². The molecular weight excluding hydrogens is 376 g/mol. The summed E-state index contributed by atoms with van der Waals surface area (Å²) in [5.41, 5.74) is 1.28. The molecule has 2 saturated carbocycles. The third kappa shape index (κ3) is 6.17. The average Bonchev–Trinajstić information content (AvgIpc) is 3.41. The van der Waals surface area contributed by atoms with Gasteiger partial charge in [0.2, 0.25) is 0 Å². The molecule has 1 aromatic rings. The number of rotatable bonds is 10. The second-order valence-corrected chi connectivity index (χ2v) is 9.36. The van der Waals surface area contributed by atoms with Gasteiger partial charge in [-0.15, -0.1) is 0 Å². The first-order valence-electron chi connectivity index (χ1n) is 12.0. The summed E-state index contributed by atoms with van der Waals surface area (Å²) in [4.78, 5) is 21.5. The first-order valence-corrected chi connectivity index (χ1v) is 12.0. The predicted octanol–water partition coefficient (Wildman–Crippen LogP) is 3.18. The lowest BCUT2D eigenvalue weighted by Crippen LogP contribution is -2.47. The zero-order chi connectivity index (χ0) is 20.6. The SMILES string of the molecule is O=C(NCCCc1ccncc1)N(CCC1CC2CCC1C2)CCN1CCOCC1. The molecule has 166 valence electrons. The van der Waals surface area contributed by atoms with Crippen LogP contribution in [0, 0.1) is 17.8 Å².